The van der Waals surface area contributed by atoms with Crippen LogP contribution in [0.15, 0.2) is 11.2 Å². The van der Waals surface area contributed by atoms with Gasteiger partial charge in [0.05, 0.1) is 34.1 Å². The summed E-state index contributed by atoms with van der Waals surface area (Å²) in [6.45, 7) is 7.94. The van der Waals surface area contributed by atoms with Crippen LogP contribution >= 0.6 is 0 Å². The van der Waals surface area contributed by atoms with E-state index in [4.69, 9.17) is 0 Å². The van der Waals surface area contributed by atoms with E-state index in [0.717, 1.165) is 10.4 Å². The minimum absolute atomic E-state index is 0.235. The molecule has 3 rings (SSSR count). The third-order valence-electron chi connectivity index (χ3n) is 4.11. The summed E-state index contributed by atoms with van der Waals surface area (Å²) in [5.41, 5.74) is 5.69. The van der Waals surface area contributed by atoms with Gasteiger partial charge in [-0.05, 0) is 33.8 Å². The molecule has 0 saturated carbocycles. The summed E-state index contributed by atoms with van der Waals surface area (Å²) in [6, 6.07) is 1.69. The molecule has 0 aliphatic heterocycles. The minimum Gasteiger partial charge on any atom is -0.267 e. The van der Waals surface area contributed by atoms with E-state index in [9.17, 15) is 9.18 Å². The van der Waals surface area contributed by atoms with Crippen molar-refractivity contribution in [2.45, 2.75) is 34.2 Å². The molecule has 0 radical (unpaired) electrons. The molecule has 3 aromatic heterocycles. The van der Waals surface area contributed by atoms with Crippen molar-refractivity contribution in [2.24, 2.45) is 12.1 Å². The number of hydrogen-bond acceptors (Lipinski definition) is 5. The summed E-state index contributed by atoms with van der Waals surface area (Å²) in [6.07, 6.45) is 1.25. The maximum atomic E-state index is 13.9. The lowest BCUT2D eigenvalue weighted by Crippen LogP contribution is -2.18. The molecule has 0 fully saturated rings. The monoisotopic (exact) mass is 357 g/mol. The van der Waals surface area contributed by atoms with Gasteiger partial charge in [-0.3, -0.25) is 4.79 Å². The van der Waals surface area contributed by atoms with E-state index in [2.05, 4.69) is 25.7 Å². The fourth-order valence-electron chi connectivity index (χ4n) is 2.89. The molecular weight excluding hydrogens is 337 g/mol. The molecule has 3 heterocycles. The Kier molecular flexibility index (Phi) is 4.54. The highest BCUT2D eigenvalue weighted by atomic mass is 19.1. The number of rotatable bonds is 4. The zero-order chi connectivity index (χ0) is 19.0. The fraction of sp³-hybridized carbons (Fsp3) is 0.353. The van der Waals surface area contributed by atoms with Crippen LogP contribution < -0.4 is 5.43 Å². The number of hydrogen-bond donors (Lipinski definition) is 1. The number of aryl methyl sites for hydroxylation is 5. The molecule has 0 aliphatic rings. The third kappa shape index (κ3) is 2.96. The first kappa shape index (κ1) is 17.7. The maximum Gasteiger partial charge on any atom is 0.272 e. The minimum atomic E-state index is -0.511. The lowest BCUT2D eigenvalue weighted by molar-refractivity contribution is 0.0956. The largest absolute Gasteiger partial charge is 0.272 e. The van der Waals surface area contributed by atoms with Crippen LogP contribution in [0.2, 0.25) is 0 Å². The van der Waals surface area contributed by atoms with Crippen LogP contribution in [-0.4, -0.2) is 36.7 Å². The van der Waals surface area contributed by atoms with Crippen LogP contribution in [0, 0.1) is 26.7 Å². The quantitative estimate of drug-likeness (QED) is 0.571. The summed E-state index contributed by atoms with van der Waals surface area (Å²) in [5, 5.41) is 13.0. The Labute approximate surface area is 149 Å². The van der Waals surface area contributed by atoms with Gasteiger partial charge in [0.15, 0.2) is 5.65 Å². The number of nitrogens with zero attached hydrogens (tertiary/aromatic N) is 6. The molecule has 26 heavy (non-hydrogen) atoms. The standard InChI is InChI=1S/C17H20FN7O/c1-6-25-16-14(11(4)23-25)12(7-9(2)20-16)17(26)21-19-8-13-10(3)22-24(5)15(13)18/h7-8H,6H2,1-5H3,(H,21,26). The van der Waals surface area contributed by atoms with E-state index in [0.29, 0.717) is 34.5 Å². The molecule has 8 nitrogen and oxygen atoms in total. The first-order valence-electron chi connectivity index (χ1n) is 8.20. The fourth-order valence-corrected chi connectivity index (χ4v) is 2.89. The number of aromatic nitrogens is 5. The molecule has 3 aromatic rings. The topological polar surface area (TPSA) is 90.0 Å². The van der Waals surface area contributed by atoms with Gasteiger partial charge in [-0.15, -0.1) is 0 Å². The smallest absolute Gasteiger partial charge is 0.267 e. The number of halogens is 1. The SMILES string of the molecule is CCn1nc(C)c2c(C(=O)NN=Cc3c(C)nn(C)c3F)cc(C)nc21. The van der Waals surface area contributed by atoms with Crippen molar-refractivity contribution < 1.29 is 9.18 Å². The number of carbonyl (C=O) groups is 1. The van der Waals surface area contributed by atoms with Crippen LogP contribution in [0.5, 0.6) is 0 Å². The number of fused-ring (bicyclic) bond motifs is 1. The Bertz CT molecular complexity index is 1030. The van der Waals surface area contributed by atoms with Gasteiger partial charge in [0.1, 0.15) is 0 Å². The number of pyridine rings is 1. The highest BCUT2D eigenvalue weighted by molar-refractivity contribution is 6.06. The van der Waals surface area contributed by atoms with Gasteiger partial charge >= 0.3 is 0 Å². The van der Waals surface area contributed by atoms with E-state index in [1.807, 2.05) is 20.8 Å². The van der Waals surface area contributed by atoms with Crippen molar-refractivity contribution in [3.63, 3.8) is 0 Å². The Hall–Kier alpha value is -3.10. The molecule has 0 saturated heterocycles. The third-order valence-corrected chi connectivity index (χ3v) is 4.11. The first-order chi connectivity index (χ1) is 12.3. The highest BCUT2D eigenvalue weighted by Gasteiger charge is 2.18. The molecular formula is C17H20FN7O. The van der Waals surface area contributed by atoms with E-state index < -0.39 is 11.9 Å². The Morgan fingerprint density at radius 1 is 1.31 bits per heavy atom. The molecule has 1 amide bonds. The zero-order valence-corrected chi connectivity index (χ0v) is 15.3. The molecule has 136 valence electrons. The predicted molar refractivity (Wildman–Crippen MR) is 95.6 cm³/mol. The summed E-state index contributed by atoms with van der Waals surface area (Å²) in [5.74, 6) is -0.917. The first-order valence-corrected chi connectivity index (χ1v) is 8.20. The molecule has 0 unspecified atom stereocenters. The van der Waals surface area contributed by atoms with E-state index in [1.54, 1.807) is 17.7 Å². The lowest BCUT2D eigenvalue weighted by Gasteiger charge is -2.05. The summed E-state index contributed by atoms with van der Waals surface area (Å²) < 4.78 is 16.8. The van der Waals surface area contributed by atoms with Crippen molar-refractivity contribution in [3.05, 3.63) is 40.2 Å². The van der Waals surface area contributed by atoms with Gasteiger partial charge < -0.3 is 0 Å². The maximum absolute atomic E-state index is 13.9. The second-order valence-electron chi connectivity index (χ2n) is 6.02. The van der Waals surface area contributed by atoms with Gasteiger partial charge in [-0.1, -0.05) is 0 Å². The number of amides is 1. The highest BCUT2D eigenvalue weighted by Crippen LogP contribution is 2.22. The average Bonchev–Trinajstić information content (AvgIpc) is 3.04. The van der Waals surface area contributed by atoms with Crippen molar-refractivity contribution in [2.75, 3.05) is 0 Å². The molecule has 0 bridgehead atoms. The van der Waals surface area contributed by atoms with Gasteiger partial charge in [0, 0.05) is 19.3 Å². The van der Waals surface area contributed by atoms with Gasteiger partial charge in [0.2, 0.25) is 5.95 Å². The molecule has 0 aliphatic carbocycles. The lowest BCUT2D eigenvalue weighted by atomic mass is 10.1. The Balaban J connectivity index is 1.93. The van der Waals surface area contributed by atoms with Gasteiger partial charge in [-0.2, -0.15) is 19.7 Å². The van der Waals surface area contributed by atoms with E-state index in [-0.39, 0.29) is 5.56 Å². The van der Waals surface area contributed by atoms with Crippen molar-refractivity contribution in [1.29, 1.82) is 0 Å². The zero-order valence-electron chi connectivity index (χ0n) is 15.3. The number of carbonyl (C=O) groups excluding carboxylic acids is 1. The molecule has 1 N–H and O–H groups in total. The van der Waals surface area contributed by atoms with Gasteiger partial charge in [-0.25, -0.2) is 19.8 Å². The van der Waals surface area contributed by atoms with Crippen LogP contribution in [0.1, 0.15) is 39.9 Å². The number of nitrogens with one attached hydrogen (secondary N) is 1. The van der Waals surface area contributed by atoms with Crippen LogP contribution in [-0.2, 0) is 13.6 Å². The molecule has 9 heteroatoms. The summed E-state index contributed by atoms with van der Waals surface area (Å²) >= 11 is 0. The van der Waals surface area contributed by atoms with Crippen LogP contribution in [0.4, 0.5) is 4.39 Å². The van der Waals surface area contributed by atoms with Crippen molar-refractivity contribution in [3.8, 4) is 0 Å². The second-order valence-corrected chi connectivity index (χ2v) is 6.02. The summed E-state index contributed by atoms with van der Waals surface area (Å²) in [7, 11) is 1.50. The van der Waals surface area contributed by atoms with Crippen LogP contribution in [0.25, 0.3) is 11.0 Å². The van der Waals surface area contributed by atoms with Crippen LogP contribution in [0.3, 0.4) is 0 Å². The predicted octanol–water partition coefficient (Wildman–Crippen LogP) is 2.01. The molecule has 0 aromatic carbocycles. The molecule has 0 spiro atoms. The average molecular weight is 357 g/mol. The second kappa shape index (κ2) is 6.66. The van der Waals surface area contributed by atoms with Crippen molar-refractivity contribution in [1.82, 2.24) is 30.0 Å². The molecule has 0 atom stereocenters. The number of hydrazone groups is 1. The normalized spacial score (nSPS) is 11.6. The van der Waals surface area contributed by atoms with Gasteiger partial charge in [0.25, 0.3) is 5.91 Å². The van der Waals surface area contributed by atoms with E-state index >= 15 is 0 Å². The Morgan fingerprint density at radius 2 is 2.04 bits per heavy atom. The summed E-state index contributed by atoms with van der Waals surface area (Å²) in [4.78, 5) is 17.1. The Morgan fingerprint density at radius 3 is 2.65 bits per heavy atom. The van der Waals surface area contributed by atoms with Crippen molar-refractivity contribution >= 4 is 23.2 Å². The van der Waals surface area contributed by atoms with E-state index in [1.165, 1.54) is 13.3 Å².